The molecule has 2 aromatic heterocycles. The lowest BCUT2D eigenvalue weighted by Gasteiger charge is -2.37. The van der Waals surface area contributed by atoms with Crippen LogP contribution < -0.4 is 29.2 Å². The Hall–Kier alpha value is -5.56. The first-order chi connectivity index (χ1) is 25.2. The average Bonchev–Trinajstić information content (AvgIpc) is 3.15. The van der Waals surface area contributed by atoms with E-state index in [1.807, 2.05) is 68.4 Å². The largest absolute Gasteiger partial charge is 0.871 e. The SMILES string of the molecule is CCO[n+]1ccccc1CC(=O)O.CCO[n+]1ccccc1CC(=O)O.[O-]B([O-])OCCCC(c1ccccc1)(c1ccccc1)c1ccccc1. The Labute approximate surface area is 305 Å². The second kappa shape index (κ2) is 22.3. The van der Waals surface area contributed by atoms with Gasteiger partial charge in [0.2, 0.25) is 23.8 Å². The minimum absolute atomic E-state index is 0.0269. The third-order valence-corrected chi connectivity index (χ3v) is 7.76. The molecule has 0 aliphatic rings. The summed E-state index contributed by atoms with van der Waals surface area (Å²) in [4.78, 5) is 31.3. The highest BCUT2D eigenvalue weighted by Crippen LogP contribution is 2.42. The lowest BCUT2D eigenvalue weighted by molar-refractivity contribution is -0.895. The summed E-state index contributed by atoms with van der Waals surface area (Å²) in [5.41, 5.74) is 4.44. The monoisotopic (exact) mass is 708 g/mol. The molecule has 0 saturated heterocycles. The number of nitrogens with zero attached hydrogens (tertiary/aromatic N) is 2. The number of aromatic nitrogens is 2. The van der Waals surface area contributed by atoms with Crippen LogP contribution in [0.2, 0.25) is 0 Å². The topological polar surface area (TPSA) is 156 Å². The van der Waals surface area contributed by atoms with E-state index in [1.165, 1.54) is 26.2 Å². The first-order valence-corrected chi connectivity index (χ1v) is 17.0. The maximum atomic E-state index is 10.7. The normalized spacial score (nSPS) is 10.5. The summed E-state index contributed by atoms with van der Waals surface area (Å²) in [6.45, 7) is 4.89. The molecule has 12 heteroatoms. The van der Waals surface area contributed by atoms with E-state index in [0.29, 0.717) is 31.0 Å². The summed E-state index contributed by atoms with van der Waals surface area (Å²) in [5, 5.41) is 38.5. The van der Waals surface area contributed by atoms with Crippen LogP contribution >= 0.6 is 0 Å². The minimum Gasteiger partial charge on any atom is -0.871 e. The fourth-order valence-electron chi connectivity index (χ4n) is 5.66. The summed E-state index contributed by atoms with van der Waals surface area (Å²) in [6, 6.07) is 41.6. The molecule has 0 saturated carbocycles. The maximum absolute atomic E-state index is 10.7. The van der Waals surface area contributed by atoms with Gasteiger partial charge in [-0.1, -0.05) is 91.0 Å². The van der Waals surface area contributed by atoms with Crippen molar-refractivity contribution >= 4 is 19.3 Å². The molecule has 0 amide bonds. The van der Waals surface area contributed by atoms with E-state index in [4.69, 9.17) is 24.5 Å². The zero-order chi connectivity index (χ0) is 37.6. The fraction of sp³-hybridized carbons (Fsp3) is 0.250. The molecule has 0 fully saturated rings. The van der Waals surface area contributed by atoms with Crippen LogP contribution in [0.1, 0.15) is 54.8 Å². The van der Waals surface area contributed by atoms with Crippen LogP contribution in [0.15, 0.2) is 140 Å². The smallest absolute Gasteiger partial charge is 0.314 e. The number of carboxylic acid groups (broad SMARTS) is 2. The molecule has 0 aliphatic heterocycles. The molecule has 0 bridgehead atoms. The van der Waals surface area contributed by atoms with E-state index in [2.05, 4.69) is 36.4 Å². The fourth-order valence-corrected chi connectivity index (χ4v) is 5.66. The van der Waals surface area contributed by atoms with Gasteiger partial charge < -0.3 is 24.9 Å². The van der Waals surface area contributed by atoms with E-state index in [1.54, 1.807) is 48.8 Å². The standard InChI is InChI=1S/C22H21BO3.2C9H11NO3/c24-23(25)26-18-10-17-22(19-11-4-1-5-12-19,20-13-6-2-7-14-20)21-15-8-3-9-16-21;2*1-2-13-10-6-4-3-5-8(10)7-9(11)12/h1-9,11-16H,10,17-18H2;2*3-6H,2,7H2,1H3/q-2;;/p+2. The van der Waals surface area contributed by atoms with Crippen LogP contribution in [0, 0.1) is 0 Å². The summed E-state index contributed by atoms with van der Waals surface area (Å²) >= 11 is 0. The van der Waals surface area contributed by atoms with Crippen molar-refractivity contribution in [3.05, 3.63) is 168 Å². The first kappa shape index (κ1) is 40.9. The predicted octanol–water partition coefficient (Wildman–Crippen LogP) is 2.62. The summed E-state index contributed by atoms with van der Waals surface area (Å²) < 4.78 is 7.69. The average molecular weight is 709 g/mol. The van der Waals surface area contributed by atoms with E-state index in [9.17, 15) is 19.6 Å². The number of carbonyl (C=O) groups is 2. The van der Waals surface area contributed by atoms with Gasteiger partial charge in [0.15, 0.2) is 13.2 Å². The molecule has 5 aromatic rings. The van der Waals surface area contributed by atoms with Gasteiger partial charge in [0.25, 0.3) is 0 Å². The number of carboxylic acids is 2. The Morgan fingerprint density at radius 2 is 0.981 bits per heavy atom. The van der Waals surface area contributed by atoms with Gasteiger partial charge in [0.05, 0.1) is 7.32 Å². The molecule has 11 nitrogen and oxygen atoms in total. The van der Waals surface area contributed by atoms with Gasteiger partial charge >= 0.3 is 11.9 Å². The van der Waals surface area contributed by atoms with Crippen LogP contribution in [0.5, 0.6) is 0 Å². The van der Waals surface area contributed by atoms with Crippen LogP contribution in [0.3, 0.4) is 0 Å². The molecule has 0 spiro atoms. The molecule has 0 atom stereocenters. The highest BCUT2D eigenvalue weighted by molar-refractivity contribution is 6.28. The Morgan fingerprint density at radius 1 is 0.615 bits per heavy atom. The van der Waals surface area contributed by atoms with E-state index in [0.717, 1.165) is 6.42 Å². The Bertz CT molecular complexity index is 1600. The molecule has 2 N–H and O–H groups in total. The van der Waals surface area contributed by atoms with Gasteiger partial charge in [-0.25, -0.2) is 0 Å². The van der Waals surface area contributed by atoms with Gasteiger partial charge in [0.1, 0.15) is 12.8 Å². The molecule has 0 unspecified atom stereocenters. The predicted molar refractivity (Wildman–Crippen MR) is 190 cm³/mol. The highest BCUT2D eigenvalue weighted by Gasteiger charge is 2.35. The first-order valence-electron chi connectivity index (χ1n) is 17.0. The molecule has 0 aliphatic carbocycles. The van der Waals surface area contributed by atoms with Crippen molar-refractivity contribution in [3.8, 4) is 0 Å². The van der Waals surface area contributed by atoms with Crippen molar-refractivity contribution in [1.82, 2.24) is 0 Å². The highest BCUT2D eigenvalue weighted by atomic mass is 16.7. The number of rotatable bonds is 16. The van der Waals surface area contributed by atoms with Crippen LogP contribution in [0.4, 0.5) is 0 Å². The Balaban J connectivity index is 0.000000235. The van der Waals surface area contributed by atoms with Crippen molar-refractivity contribution in [2.75, 3.05) is 19.8 Å². The lowest BCUT2D eigenvalue weighted by Crippen LogP contribution is -2.48. The molecule has 2 heterocycles. The second-order valence-electron chi connectivity index (χ2n) is 11.3. The lowest BCUT2D eigenvalue weighted by atomic mass is 9.67. The van der Waals surface area contributed by atoms with Crippen molar-refractivity contribution < 1.29 is 53.6 Å². The second-order valence-corrected chi connectivity index (χ2v) is 11.3. The number of aliphatic carboxylic acids is 2. The molecular formula is C40H45BN2O9. The zero-order valence-corrected chi connectivity index (χ0v) is 29.5. The molecule has 5 rings (SSSR count). The van der Waals surface area contributed by atoms with Crippen molar-refractivity contribution in [2.24, 2.45) is 0 Å². The third kappa shape index (κ3) is 13.0. The van der Waals surface area contributed by atoms with Crippen molar-refractivity contribution in [3.63, 3.8) is 0 Å². The molecule has 3 aromatic carbocycles. The molecule has 0 radical (unpaired) electrons. The summed E-state index contributed by atoms with van der Waals surface area (Å²) in [6.07, 6.45) is 4.68. The summed E-state index contributed by atoms with van der Waals surface area (Å²) in [5.74, 6) is -1.72. The Kier molecular flexibility index (Phi) is 17.5. The van der Waals surface area contributed by atoms with Gasteiger partial charge in [-0.3, -0.25) is 19.3 Å². The minimum atomic E-state index is -2.23. The Morgan fingerprint density at radius 3 is 1.31 bits per heavy atom. The van der Waals surface area contributed by atoms with Crippen molar-refractivity contribution in [1.29, 1.82) is 0 Å². The molecule has 272 valence electrons. The number of pyridine rings is 2. The van der Waals surface area contributed by atoms with Gasteiger partial charge in [-0.2, -0.15) is 0 Å². The van der Waals surface area contributed by atoms with E-state index < -0.39 is 19.3 Å². The third-order valence-electron chi connectivity index (χ3n) is 7.76. The van der Waals surface area contributed by atoms with Gasteiger partial charge in [0, 0.05) is 45.7 Å². The molecule has 52 heavy (non-hydrogen) atoms. The maximum Gasteiger partial charge on any atom is 0.314 e. The number of hydrogen-bond donors (Lipinski definition) is 2. The molecular weight excluding hydrogens is 663 g/mol. The summed E-state index contributed by atoms with van der Waals surface area (Å²) in [7, 11) is -2.23. The number of hydrogen-bond acceptors (Lipinski definition) is 7. The van der Waals surface area contributed by atoms with Crippen molar-refractivity contribution in [2.45, 2.75) is 44.9 Å². The number of benzene rings is 3. The van der Waals surface area contributed by atoms with Crippen LogP contribution in [-0.2, 0) is 32.5 Å². The zero-order valence-electron chi connectivity index (χ0n) is 29.5. The van der Waals surface area contributed by atoms with Gasteiger partial charge in [-0.15, -0.1) is 0 Å². The van der Waals surface area contributed by atoms with Crippen LogP contribution in [-0.4, -0.2) is 49.3 Å². The van der Waals surface area contributed by atoms with E-state index >= 15 is 0 Å². The van der Waals surface area contributed by atoms with E-state index in [-0.39, 0.29) is 24.9 Å². The quantitative estimate of drug-likeness (QED) is 0.0681. The van der Waals surface area contributed by atoms with Gasteiger partial charge in [-0.05, 0) is 55.5 Å². The van der Waals surface area contributed by atoms with Crippen LogP contribution in [0.25, 0.3) is 0 Å².